The van der Waals surface area contributed by atoms with E-state index in [1.54, 1.807) is 0 Å². The minimum absolute atomic E-state index is 0.411. The van der Waals surface area contributed by atoms with E-state index >= 15 is 0 Å². The molecule has 1 aromatic carbocycles. The van der Waals surface area contributed by atoms with Crippen molar-refractivity contribution in [2.75, 3.05) is 0 Å². The summed E-state index contributed by atoms with van der Waals surface area (Å²) < 4.78 is 5.98. The number of hydrogen-bond acceptors (Lipinski definition) is 2. The molecule has 0 aliphatic rings. The number of pyridine rings is 1. The van der Waals surface area contributed by atoms with Crippen LogP contribution in [0.3, 0.4) is 0 Å². The number of aromatic nitrogens is 1. The molecule has 2 rings (SSSR count). The van der Waals surface area contributed by atoms with Crippen LogP contribution in [0.25, 0.3) is 0 Å². The molecule has 0 N–H and O–H groups in total. The van der Waals surface area contributed by atoms with E-state index in [-0.39, 0.29) is 0 Å². The van der Waals surface area contributed by atoms with Gasteiger partial charge in [0.2, 0.25) is 5.88 Å². The van der Waals surface area contributed by atoms with Gasteiger partial charge >= 0.3 is 0 Å². The van der Waals surface area contributed by atoms with Crippen molar-refractivity contribution in [1.82, 2.24) is 4.98 Å². The Kier molecular flexibility index (Phi) is 4.66. The van der Waals surface area contributed by atoms with Crippen LogP contribution in [0, 0.1) is 13.8 Å². The number of rotatable bonds is 4. The van der Waals surface area contributed by atoms with Crippen molar-refractivity contribution in [2.24, 2.45) is 0 Å². The molecule has 2 aromatic rings. The second kappa shape index (κ2) is 6.27. The lowest BCUT2D eigenvalue weighted by atomic mass is 10.0. The van der Waals surface area contributed by atoms with Crippen molar-refractivity contribution in [2.45, 2.75) is 39.5 Å². The van der Waals surface area contributed by atoms with E-state index in [1.807, 2.05) is 19.1 Å². The Bertz CT molecular complexity index is 608. The lowest BCUT2D eigenvalue weighted by Crippen LogP contribution is -1.98. The molecule has 0 saturated carbocycles. The molecular weight excluding hydrogens is 270 g/mol. The first-order valence-electron chi connectivity index (χ1n) is 6.82. The van der Waals surface area contributed by atoms with Gasteiger partial charge in [0.1, 0.15) is 5.75 Å². The highest BCUT2D eigenvalue weighted by Crippen LogP contribution is 2.31. The molecule has 1 heterocycles. The summed E-state index contributed by atoms with van der Waals surface area (Å²) >= 11 is 5.85. The third-order valence-electron chi connectivity index (χ3n) is 3.32. The summed E-state index contributed by atoms with van der Waals surface area (Å²) in [5, 5.41) is 0. The standard InChI is InChI=1S/C17H20ClNO/c1-11(2)15-7-5-12(3)9-16(15)20-17-8-6-14(10-18)13(4)19-17/h5-9,11H,10H2,1-4H3. The number of nitrogens with zero attached hydrogens (tertiary/aromatic N) is 1. The number of ether oxygens (including phenoxy) is 1. The van der Waals surface area contributed by atoms with E-state index in [0.29, 0.717) is 17.7 Å². The van der Waals surface area contributed by atoms with Crippen LogP contribution in [-0.4, -0.2) is 4.98 Å². The Balaban J connectivity index is 2.34. The fourth-order valence-electron chi connectivity index (χ4n) is 2.08. The molecule has 0 saturated heterocycles. The van der Waals surface area contributed by atoms with E-state index in [1.165, 1.54) is 11.1 Å². The van der Waals surface area contributed by atoms with Gasteiger partial charge in [0.05, 0.1) is 0 Å². The highest BCUT2D eigenvalue weighted by atomic mass is 35.5. The van der Waals surface area contributed by atoms with E-state index < -0.39 is 0 Å². The predicted molar refractivity (Wildman–Crippen MR) is 83.9 cm³/mol. The first kappa shape index (κ1) is 14.9. The van der Waals surface area contributed by atoms with Gasteiger partial charge in [0.15, 0.2) is 0 Å². The van der Waals surface area contributed by atoms with Gasteiger partial charge < -0.3 is 4.74 Å². The van der Waals surface area contributed by atoms with E-state index in [0.717, 1.165) is 17.0 Å². The van der Waals surface area contributed by atoms with Crippen LogP contribution in [0.1, 0.15) is 42.1 Å². The molecule has 0 aliphatic carbocycles. The molecule has 0 amide bonds. The summed E-state index contributed by atoms with van der Waals surface area (Å²) in [6.07, 6.45) is 0. The minimum Gasteiger partial charge on any atom is -0.439 e. The van der Waals surface area contributed by atoms with Crippen LogP contribution < -0.4 is 4.74 Å². The molecule has 20 heavy (non-hydrogen) atoms. The van der Waals surface area contributed by atoms with Crippen LogP contribution in [-0.2, 0) is 5.88 Å². The van der Waals surface area contributed by atoms with Crippen molar-refractivity contribution in [3.05, 3.63) is 52.7 Å². The maximum Gasteiger partial charge on any atom is 0.219 e. The monoisotopic (exact) mass is 289 g/mol. The van der Waals surface area contributed by atoms with Crippen LogP contribution in [0.15, 0.2) is 30.3 Å². The summed E-state index contributed by atoms with van der Waals surface area (Å²) in [5.41, 5.74) is 4.32. The lowest BCUT2D eigenvalue weighted by Gasteiger charge is -2.14. The molecular formula is C17H20ClNO. The molecule has 0 bridgehead atoms. The van der Waals surface area contributed by atoms with Gasteiger partial charge in [-0.25, -0.2) is 4.98 Å². The molecule has 1 aromatic heterocycles. The topological polar surface area (TPSA) is 22.1 Å². The quantitative estimate of drug-likeness (QED) is 0.708. The van der Waals surface area contributed by atoms with Crippen molar-refractivity contribution < 1.29 is 4.74 Å². The number of benzene rings is 1. The van der Waals surface area contributed by atoms with Gasteiger partial charge in [0.25, 0.3) is 0 Å². The molecule has 0 atom stereocenters. The van der Waals surface area contributed by atoms with Crippen molar-refractivity contribution >= 4 is 11.6 Å². The van der Waals surface area contributed by atoms with Crippen LogP contribution >= 0.6 is 11.6 Å². The summed E-state index contributed by atoms with van der Waals surface area (Å²) in [4.78, 5) is 4.46. The number of aryl methyl sites for hydroxylation is 2. The van der Waals surface area contributed by atoms with Crippen LogP contribution in [0.5, 0.6) is 11.6 Å². The first-order chi connectivity index (χ1) is 9.51. The van der Waals surface area contributed by atoms with Crippen molar-refractivity contribution in [1.29, 1.82) is 0 Å². The summed E-state index contributed by atoms with van der Waals surface area (Å²) in [6, 6.07) is 10.1. The molecule has 0 unspecified atom stereocenters. The average molecular weight is 290 g/mol. The SMILES string of the molecule is Cc1ccc(C(C)C)c(Oc2ccc(CCl)c(C)n2)c1. The van der Waals surface area contributed by atoms with Gasteiger partial charge in [-0.05, 0) is 42.5 Å². The van der Waals surface area contributed by atoms with Crippen LogP contribution in [0.2, 0.25) is 0 Å². The summed E-state index contributed by atoms with van der Waals surface area (Å²) in [6.45, 7) is 8.33. The Morgan fingerprint density at radius 1 is 1.15 bits per heavy atom. The Labute approximate surface area is 125 Å². The van der Waals surface area contributed by atoms with Crippen molar-refractivity contribution in [3.8, 4) is 11.6 Å². The number of halogens is 1. The Morgan fingerprint density at radius 2 is 1.90 bits per heavy atom. The zero-order chi connectivity index (χ0) is 14.7. The molecule has 3 heteroatoms. The molecule has 0 radical (unpaired) electrons. The highest BCUT2D eigenvalue weighted by Gasteiger charge is 2.10. The number of alkyl halides is 1. The van der Waals surface area contributed by atoms with Gasteiger partial charge in [-0.15, -0.1) is 11.6 Å². The summed E-state index contributed by atoms with van der Waals surface area (Å²) in [7, 11) is 0. The summed E-state index contributed by atoms with van der Waals surface area (Å²) in [5.74, 6) is 2.38. The Morgan fingerprint density at radius 3 is 2.50 bits per heavy atom. The van der Waals surface area contributed by atoms with E-state index in [4.69, 9.17) is 16.3 Å². The highest BCUT2D eigenvalue weighted by molar-refractivity contribution is 6.17. The third kappa shape index (κ3) is 3.31. The smallest absolute Gasteiger partial charge is 0.219 e. The molecule has 0 spiro atoms. The predicted octanol–water partition coefficient (Wildman–Crippen LogP) is 5.35. The van der Waals surface area contributed by atoms with E-state index in [9.17, 15) is 0 Å². The molecule has 2 nitrogen and oxygen atoms in total. The van der Waals surface area contributed by atoms with Gasteiger partial charge in [0, 0.05) is 17.6 Å². The first-order valence-corrected chi connectivity index (χ1v) is 7.35. The van der Waals surface area contributed by atoms with Crippen molar-refractivity contribution in [3.63, 3.8) is 0 Å². The molecule has 106 valence electrons. The zero-order valence-corrected chi connectivity index (χ0v) is 13.2. The normalized spacial score (nSPS) is 10.9. The average Bonchev–Trinajstić information content (AvgIpc) is 2.38. The second-order valence-corrected chi connectivity index (χ2v) is 5.59. The largest absolute Gasteiger partial charge is 0.439 e. The van der Waals surface area contributed by atoms with Gasteiger partial charge in [-0.1, -0.05) is 32.0 Å². The third-order valence-corrected chi connectivity index (χ3v) is 3.61. The maximum atomic E-state index is 5.98. The lowest BCUT2D eigenvalue weighted by molar-refractivity contribution is 0.452. The molecule has 0 fully saturated rings. The zero-order valence-electron chi connectivity index (χ0n) is 12.4. The fourth-order valence-corrected chi connectivity index (χ4v) is 2.37. The van der Waals surface area contributed by atoms with Gasteiger partial charge in [-0.3, -0.25) is 0 Å². The van der Waals surface area contributed by atoms with Gasteiger partial charge in [-0.2, -0.15) is 0 Å². The molecule has 0 aliphatic heterocycles. The van der Waals surface area contributed by atoms with E-state index in [2.05, 4.69) is 44.0 Å². The second-order valence-electron chi connectivity index (χ2n) is 5.33. The fraction of sp³-hybridized carbons (Fsp3) is 0.353. The number of hydrogen-bond donors (Lipinski definition) is 0. The minimum atomic E-state index is 0.411. The maximum absolute atomic E-state index is 5.98. The van der Waals surface area contributed by atoms with Crippen LogP contribution in [0.4, 0.5) is 0 Å². The Hall–Kier alpha value is -1.54.